The highest BCUT2D eigenvalue weighted by atomic mass is 16.7. The van der Waals surface area contributed by atoms with Crippen molar-refractivity contribution in [1.29, 1.82) is 0 Å². The van der Waals surface area contributed by atoms with E-state index in [0.29, 0.717) is 13.2 Å². The van der Waals surface area contributed by atoms with E-state index in [0.717, 1.165) is 50.8 Å². The summed E-state index contributed by atoms with van der Waals surface area (Å²) >= 11 is 0. The molecule has 6 heteroatoms. The molecule has 25 heavy (non-hydrogen) atoms. The molecule has 0 spiro atoms. The van der Waals surface area contributed by atoms with E-state index in [-0.39, 0.29) is 5.91 Å². The molecule has 0 atom stereocenters. The maximum absolute atomic E-state index is 12.3. The van der Waals surface area contributed by atoms with Gasteiger partial charge >= 0.3 is 0 Å². The first-order valence-corrected chi connectivity index (χ1v) is 8.77. The van der Waals surface area contributed by atoms with Crippen LogP contribution in [0.4, 0.5) is 0 Å². The molecule has 3 heterocycles. The Morgan fingerprint density at radius 1 is 1.00 bits per heavy atom. The van der Waals surface area contributed by atoms with Crippen molar-refractivity contribution in [3.05, 3.63) is 48.3 Å². The van der Waals surface area contributed by atoms with Gasteiger partial charge in [-0.3, -0.25) is 9.69 Å². The molecule has 2 aromatic rings. The Bertz CT molecular complexity index is 722. The number of piperazine rings is 1. The number of carbonyl (C=O) groups excluding carboxylic acids is 1. The third-order valence-corrected chi connectivity index (χ3v) is 4.82. The number of rotatable bonds is 5. The molecular formula is C19H23N3O3. The van der Waals surface area contributed by atoms with Crippen LogP contribution in [0.2, 0.25) is 0 Å². The average molecular weight is 341 g/mol. The summed E-state index contributed by atoms with van der Waals surface area (Å²) in [6, 6.07) is 10.1. The monoisotopic (exact) mass is 341 g/mol. The standard InChI is InChI=1S/C19H23N3O3/c23-19(5-8-20-6-1-2-7-20)22-11-9-21(10-12-22)14-16-3-4-17-18(13-16)25-15-24-17/h1-4,6-7,13H,5,8-12,14-15H2. The van der Waals surface area contributed by atoms with Gasteiger partial charge in [0.1, 0.15) is 0 Å². The van der Waals surface area contributed by atoms with Crippen LogP contribution >= 0.6 is 0 Å². The molecule has 4 rings (SSSR count). The van der Waals surface area contributed by atoms with E-state index < -0.39 is 0 Å². The normalized spacial score (nSPS) is 17.0. The first-order valence-electron chi connectivity index (χ1n) is 8.77. The molecule has 0 saturated carbocycles. The first kappa shape index (κ1) is 16.0. The Balaban J connectivity index is 1.24. The molecule has 1 amide bonds. The van der Waals surface area contributed by atoms with E-state index in [9.17, 15) is 4.79 Å². The minimum absolute atomic E-state index is 0.247. The van der Waals surface area contributed by atoms with Gasteiger partial charge in [0.05, 0.1) is 0 Å². The highest BCUT2D eigenvalue weighted by Gasteiger charge is 2.21. The number of fused-ring (bicyclic) bond motifs is 1. The highest BCUT2D eigenvalue weighted by Crippen LogP contribution is 2.32. The number of ether oxygens (including phenoxy) is 2. The minimum Gasteiger partial charge on any atom is -0.454 e. The lowest BCUT2D eigenvalue weighted by atomic mass is 10.1. The van der Waals surface area contributed by atoms with Gasteiger partial charge < -0.3 is 18.9 Å². The Labute approximate surface area is 147 Å². The first-order chi connectivity index (χ1) is 12.3. The predicted octanol–water partition coefficient (Wildman–Crippen LogP) is 1.95. The molecule has 0 unspecified atom stereocenters. The van der Waals surface area contributed by atoms with Crippen LogP contribution in [0.15, 0.2) is 42.7 Å². The molecule has 0 N–H and O–H groups in total. The average Bonchev–Trinajstić information content (AvgIpc) is 3.31. The Morgan fingerprint density at radius 2 is 1.76 bits per heavy atom. The molecule has 1 saturated heterocycles. The Hall–Kier alpha value is -2.47. The van der Waals surface area contributed by atoms with Crippen LogP contribution in [0.5, 0.6) is 11.5 Å². The molecule has 2 aliphatic heterocycles. The van der Waals surface area contributed by atoms with Gasteiger partial charge in [0.25, 0.3) is 0 Å². The van der Waals surface area contributed by atoms with Crippen molar-refractivity contribution in [2.45, 2.75) is 19.5 Å². The smallest absolute Gasteiger partial charge is 0.231 e. The summed E-state index contributed by atoms with van der Waals surface area (Å²) in [4.78, 5) is 16.7. The van der Waals surface area contributed by atoms with Crippen LogP contribution in [-0.4, -0.2) is 53.2 Å². The van der Waals surface area contributed by atoms with Crippen molar-refractivity contribution in [2.24, 2.45) is 0 Å². The lowest BCUT2D eigenvalue weighted by Crippen LogP contribution is -2.48. The molecular weight excluding hydrogens is 318 g/mol. The minimum atomic E-state index is 0.247. The zero-order valence-corrected chi connectivity index (χ0v) is 14.3. The predicted molar refractivity (Wildman–Crippen MR) is 93.5 cm³/mol. The van der Waals surface area contributed by atoms with E-state index in [4.69, 9.17) is 9.47 Å². The number of hydrogen-bond acceptors (Lipinski definition) is 4. The molecule has 6 nitrogen and oxygen atoms in total. The van der Waals surface area contributed by atoms with E-state index >= 15 is 0 Å². The molecule has 1 fully saturated rings. The van der Waals surface area contributed by atoms with Crippen LogP contribution in [0, 0.1) is 0 Å². The number of benzene rings is 1. The second-order valence-corrected chi connectivity index (χ2v) is 6.52. The van der Waals surface area contributed by atoms with Gasteiger partial charge in [-0.1, -0.05) is 6.07 Å². The van der Waals surface area contributed by atoms with Crippen LogP contribution in [0.25, 0.3) is 0 Å². The van der Waals surface area contributed by atoms with Gasteiger partial charge in [0.2, 0.25) is 12.7 Å². The molecule has 0 aliphatic carbocycles. The molecule has 0 bridgehead atoms. The summed E-state index contributed by atoms with van der Waals surface area (Å²) in [7, 11) is 0. The lowest BCUT2D eigenvalue weighted by molar-refractivity contribution is -0.133. The molecule has 0 radical (unpaired) electrons. The van der Waals surface area contributed by atoms with Crippen LogP contribution in [0.1, 0.15) is 12.0 Å². The number of carbonyl (C=O) groups is 1. The zero-order valence-electron chi connectivity index (χ0n) is 14.3. The Kier molecular flexibility index (Phi) is 4.61. The molecule has 1 aromatic heterocycles. The van der Waals surface area contributed by atoms with Gasteiger partial charge in [0.15, 0.2) is 11.5 Å². The molecule has 2 aliphatic rings. The number of amides is 1. The third-order valence-electron chi connectivity index (χ3n) is 4.82. The van der Waals surface area contributed by atoms with Gasteiger partial charge in [-0.2, -0.15) is 0 Å². The molecule has 132 valence electrons. The van der Waals surface area contributed by atoms with Gasteiger partial charge in [-0.15, -0.1) is 0 Å². The number of aromatic nitrogens is 1. The van der Waals surface area contributed by atoms with E-state index in [1.165, 1.54) is 5.56 Å². The number of aryl methyl sites for hydroxylation is 1. The Morgan fingerprint density at radius 3 is 2.56 bits per heavy atom. The summed E-state index contributed by atoms with van der Waals surface area (Å²) in [6.45, 7) is 5.35. The van der Waals surface area contributed by atoms with Gasteiger partial charge in [-0.25, -0.2) is 0 Å². The van der Waals surface area contributed by atoms with Crippen LogP contribution in [-0.2, 0) is 17.9 Å². The fourth-order valence-electron chi connectivity index (χ4n) is 3.35. The van der Waals surface area contributed by atoms with Crippen molar-refractivity contribution >= 4 is 5.91 Å². The second kappa shape index (κ2) is 7.19. The van der Waals surface area contributed by atoms with E-state index in [1.54, 1.807) is 0 Å². The lowest BCUT2D eigenvalue weighted by Gasteiger charge is -2.34. The van der Waals surface area contributed by atoms with Crippen molar-refractivity contribution < 1.29 is 14.3 Å². The van der Waals surface area contributed by atoms with Crippen molar-refractivity contribution in [3.63, 3.8) is 0 Å². The summed E-state index contributed by atoms with van der Waals surface area (Å²) in [6.07, 6.45) is 4.56. The second-order valence-electron chi connectivity index (χ2n) is 6.52. The summed E-state index contributed by atoms with van der Waals surface area (Å²) in [5.41, 5.74) is 1.22. The number of hydrogen-bond donors (Lipinski definition) is 0. The van der Waals surface area contributed by atoms with Gasteiger partial charge in [-0.05, 0) is 29.8 Å². The summed E-state index contributed by atoms with van der Waals surface area (Å²) < 4.78 is 12.8. The largest absolute Gasteiger partial charge is 0.454 e. The third kappa shape index (κ3) is 3.79. The highest BCUT2D eigenvalue weighted by molar-refractivity contribution is 5.76. The van der Waals surface area contributed by atoms with Crippen molar-refractivity contribution in [1.82, 2.24) is 14.4 Å². The fraction of sp³-hybridized carbons (Fsp3) is 0.421. The SMILES string of the molecule is O=C(CCn1cccc1)N1CCN(Cc2ccc3c(c2)OCO3)CC1. The fourth-order valence-corrected chi connectivity index (χ4v) is 3.35. The summed E-state index contributed by atoms with van der Waals surface area (Å²) in [5.74, 6) is 1.90. The van der Waals surface area contributed by atoms with Crippen LogP contribution < -0.4 is 9.47 Å². The van der Waals surface area contributed by atoms with E-state index in [1.807, 2.05) is 40.1 Å². The van der Waals surface area contributed by atoms with Crippen molar-refractivity contribution in [2.75, 3.05) is 33.0 Å². The maximum Gasteiger partial charge on any atom is 0.231 e. The van der Waals surface area contributed by atoms with E-state index in [2.05, 4.69) is 17.0 Å². The summed E-state index contributed by atoms with van der Waals surface area (Å²) in [5, 5.41) is 0. The maximum atomic E-state index is 12.3. The number of nitrogens with zero attached hydrogens (tertiary/aromatic N) is 3. The zero-order chi connectivity index (χ0) is 17.1. The molecule has 1 aromatic carbocycles. The topological polar surface area (TPSA) is 46.9 Å². The van der Waals surface area contributed by atoms with Crippen LogP contribution in [0.3, 0.4) is 0 Å². The quantitative estimate of drug-likeness (QED) is 0.834. The van der Waals surface area contributed by atoms with Gasteiger partial charge in [0, 0.05) is 58.1 Å². The van der Waals surface area contributed by atoms with Crippen molar-refractivity contribution in [3.8, 4) is 11.5 Å².